The third-order valence-electron chi connectivity index (χ3n) is 5.03. The lowest BCUT2D eigenvalue weighted by molar-refractivity contribution is 0.0886. The van der Waals surface area contributed by atoms with Crippen LogP contribution >= 0.6 is 46.3 Å². The van der Waals surface area contributed by atoms with Crippen LogP contribution < -0.4 is 10.2 Å². The van der Waals surface area contributed by atoms with Crippen LogP contribution in [0.2, 0.25) is 10.0 Å². The summed E-state index contributed by atoms with van der Waals surface area (Å²) in [6.07, 6.45) is 0. The van der Waals surface area contributed by atoms with Crippen molar-refractivity contribution in [3.05, 3.63) is 67.8 Å². The Morgan fingerprint density at radius 3 is 2.76 bits per heavy atom. The lowest BCUT2D eigenvalue weighted by Crippen LogP contribution is -2.40. The highest BCUT2D eigenvalue weighted by Gasteiger charge is 2.51. The van der Waals surface area contributed by atoms with Gasteiger partial charge in [-0.2, -0.15) is 0 Å². The van der Waals surface area contributed by atoms with Crippen LogP contribution in [-0.2, 0) is 5.60 Å². The molecule has 1 aromatic heterocycles. The van der Waals surface area contributed by atoms with E-state index in [4.69, 9.17) is 27.9 Å². The molecule has 0 unspecified atom stereocenters. The molecule has 2 atom stereocenters. The molecule has 0 saturated carbocycles. The molecular formula is C19H12Cl2O2S2. The first-order chi connectivity index (χ1) is 12.0. The second kappa shape index (κ2) is 5.40. The van der Waals surface area contributed by atoms with Crippen molar-refractivity contribution in [3.8, 4) is 5.75 Å². The maximum Gasteiger partial charge on any atom is 0.196 e. The van der Waals surface area contributed by atoms with E-state index in [0.29, 0.717) is 15.4 Å². The quantitative estimate of drug-likeness (QED) is 0.453. The summed E-state index contributed by atoms with van der Waals surface area (Å²) in [5.74, 6) is 1.80. The largest absolute Gasteiger partial charge is 0.482 e. The van der Waals surface area contributed by atoms with E-state index in [1.807, 2.05) is 37.3 Å². The molecule has 2 aliphatic heterocycles. The topological polar surface area (TPSA) is 26.3 Å². The number of benzene rings is 2. The Hall–Kier alpha value is -1.20. The maximum atomic E-state index is 13.3. The van der Waals surface area contributed by atoms with Crippen molar-refractivity contribution < 1.29 is 4.74 Å². The molecule has 6 heteroatoms. The van der Waals surface area contributed by atoms with Crippen LogP contribution in [0.4, 0.5) is 0 Å². The van der Waals surface area contributed by atoms with E-state index in [1.54, 1.807) is 29.2 Å². The lowest BCUT2D eigenvalue weighted by Gasteiger charge is -2.35. The molecule has 5 rings (SSSR count). The number of thioether (sulfide) groups is 1. The first kappa shape index (κ1) is 16.0. The zero-order chi connectivity index (χ0) is 17.3. The van der Waals surface area contributed by atoms with Gasteiger partial charge in [-0.05, 0) is 43.3 Å². The van der Waals surface area contributed by atoms with Gasteiger partial charge < -0.3 is 4.74 Å². The SMILES string of the molecule is C[C@]12Oc3ccc(Cl)cc3[C@H]1CSc1sc3cc(Cl)ccc3c(=O)c12. The van der Waals surface area contributed by atoms with Crippen LogP contribution in [0, 0.1) is 0 Å². The Morgan fingerprint density at radius 2 is 1.92 bits per heavy atom. The first-order valence-corrected chi connectivity index (χ1v) is 10.4. The van der Waals surface area contributed by atoms with Crippen molar-refractivity contribution in [3.63, 3.8) is 0 Å². The number of rotatable bonds is 0. The van der Waals surface area contributed by atoms with Crippen molar-refractivity contribution in [2.24, 2.45) is 0 Å². The molecule has 0 spiro atoms. The van der Waals surface area contributed by atoms with Gasteiger partial charge in [-0.15, -0.1) is 23.1 Å². The summed E-state index contributed by atoms with van der Waals surface area (Å²) in [5, 5.41) is 2.04. The highest BCUT2D eigenvalue weighted by Crippen LogP contribution is 2.57. The van der Waals surface area contributed by atoms with Crippen LogP contribution in [0.15, 0.2) is 45.4 Å². The molecule has 0 radical (unpaired) electrons. The van der Waals surface area contributed by atoms with Crippen molar-refractivity contribution >= 4 is 56.4 Å². The zero-order valence-electron chi connectivity index (χ0n) is 13.1. The van der Waals surface area contributed by atoms with Gasteiger partial charge in [-0.1, -0.05) is 23.2 Å². The van der Waals surface area contributed by atoms with E-state index in [9.17, 15) is 4.79 Å². The molecule has 0 bridgehead atoms. The molecule has 0 amide bonds. The number of hydrogen-bond acceptors (Lipinski definition) is 4. The predicted molar refractivity (Wildman–Crippen MR) is 106 cm³/mol. The summed E-state index contributed by atoms with van der Waals surface area (Å²) in [4.78, 5) is 13.3. The van der Waals surface area contributed by atoms with Gasteiger partial charge in [0.05, 0.1) is 9.77 Å². The monoisotopic (exact) mass is 406 g/mol. The van der Waals surface area contributed by atoms with Crippen LogP contribution in [0.3, 0.4) is 0 Å². The van der Waals surface area contributed by atoms with E-state index in [1.165, 1.54) is 0 Å². The Morgan fingerprint density at radius 1 is 1.16 bits per heavy atom. The molecule has 0 aliphatic carbocycles. The van der Waals surface area contributed by atoms with Crippen LogP contribution in [0.5, 0.6) is 5.75 Å². The summed E-state index contributed by atoms with van der Waals surface area (Å²) >= 11 is 15.6. The van der Waals surface area contributed by atoms with Crippen molar-refractivity contribution in [1.82, 2.24) is 0 Å². The van der Waals surface area contributed by atoms with Crippen molar-refractivity contribution in [2.75, 3.05) is 5.75 Å². The van der Waals surface area contributed by atoms with Crippen LogP contribution in [0.1, 0.15) is 24.0 Å². The minimum atomic E-state index is -0.658. The Bertz CT molecular complexity index is 1110. The molecule has 3 aromatic rings. The molecule has 2 nitrogen and oxygen atoms in total. The maximum absolute atomic E-state index is 13.3. The Kier molecular flexibility index (Phi) is 3.46. The van der Waals surface area contributed by atoms with Gasteiger partial charge in [-0.25, -0.2) is 0 Å². The van der Waals surface area contributed by atoms with Gasteiger partial charge in [0.25, 0.3) is 0 Å². The van der Waals surface area contributed by atoms with E-state index in [2.05, 4.69) is 0 Å². The minimum Gasteiger partial charge on any atom is -0.482 e. The second-order valence-electron chi connectivity index (χ2n) is 6.49. The molecule has 0 fully saturated rings. The number of hydrogen-bond donors (Lipinski definition) is 0. The van der Waals surface area contributed by atoms with E-state index in [-0.39, 0.29) is 11.3 Å². The van der Waals surface area contributed by atoms with Crippen LogP contribution in [0.25, 0.3) is 10.1 Å². The van der Waals surface area contributed by atoms with E-state index < -0.39 is 5.60 Å². The molecule has 3 heterocycles. The third kappa shape index (κ3) is 2.21. The summed E-state index contributed by atoms with van der Waals surface area (Å²) < 4.78 is 8.29. The minimum absolute atomic E-state index is 0.0408. The smallest absolute Gasteiger partial charge is 0.196 e. The van der Waals surface area contributed by atoms with Crippen molar-refractivity contribution in [2.45, 2.75) is 22.7 Å². The van der Waals surface area contributed by atoms with Crippen molar-refractivity contribution in [1.29, 1.82) is 0 Å². The fourth-order valence-electron chi connectivity index (χ4n) is 3.79. The Balaban J connectivity index is 1.79. The summed E-state index contributed by atoms with van der Waals surface area (Å²) in [7, 11) is 0. The standard InChI is InChI=1S/C19H12Cl2O2S2/c1-19-13(12-6-9(20)3-5-14(12)23-19)8-24-18-16(19)17(22)11-4-2-10(21)7-15(11)25-18/h2-7,13H,8H2,1H3/t13-,19+/m1/s1. The molecule has 25 heavy (non-hydrogen) atoms. The predicted octanol–water partition coefficient (Wildman–Crippen LogP) is 6.07. The number of fused-ring (bicyclic) bond motifs is 6. The Labute approximate surface area is 162 Å². The lowest BCUT2D eigenvalue weighted by atomic mass is 9.82. The highest BCUT2D eigenvalue weighted by atomic mass is 35.5. The van der Waals surface area contributed by atoms with Gasteiger partial charge in [0.1, 0.15) is 11.4 Å². The highest BCUT2D eigenvalue weighted by molar-refractivity contribution is 8.01. The van der Waals surface area contributed by atoms with Gasteiger partial charge in [0.2, 0.25) is 0 Å². The zero-order valence-corrected chi connectivity index (χ0v) is 16.3. The van der Waals surface area contributed by atoms with Crippen LogP contribution in [-0.4, -0.2) is 5.75 Å². The molecule has 0 N–H and O–H groups in total. The molecule has 126 valence electrons. The average Bonchev–Trinajstić information content (AvgIpc) is 2.85. The van der Waals surface area contributed by atoms with Gasteiger partial charge in [0.15, 0.2) is 5.43 Å². The fourth-order valence-corrected chi connectivity index (χ4v) is 7.23. The number of halogens is 2. The van der Waals surface area contributed by atoms with Gasteiger partial charge >= 0.3 is 0 Å². The molecule has 2 aromatic carbocycles. The normalized spacial score (nSPS) is 23.7. The summed E-state index contributed by atoms with van der Waals surface area (Å²) in [6.45, 7) is 2.03. The molecular weight excluding hydrogens is 395 g/mol. The van der Waals surface area contributed by atoms with E-state index in [0.717, 1.165) is 31.5 Å². The van der Waals surface area contributed by atoms with Gasteiger partial charge in [-0.3, -0.25) is 4.79 Å². The average molecular weight is 407 g/mol. The summed E-state index contributed by atoms with van der Waals surface area (Å²) in [6, 6.07) is 11.1. The number of ether oxygens (including phenoxy) is 1. The van der Waals surface area contributed by atoms with Gasteiger partial charge in [0, 0.05) is 37.4 Å². The van der Waals surface area contributed by atoms with E-state index >= 15 is 0 Å². The second-order valence-corrected chi connectivity index (χ2v) is 9.70. The first-order valence-electron chi connectivity index (χ1n) is 7.85. The molecule has 0 saturated heterocycles. The fraction of sp³-hybridized carbons (Fsp3) is 0.211. The summed E-state index contributed by atoms with van der Waals surface area (Å²) in [5.41, 5.74) is 1.24. The molecule has 2 aliphatic rings. The third-order valence-corrected chi connectivity index (χ3v) is 8.02.